The summed E-state index contributed by atoms with van der Waals surface area (Å²) in [7, 11) is 0. The summed E-state index contributed by atoms with van der Waals surface area (Å²) in [5.41, 5.74) is 7.63. The number of nitrogens with zero attached hydrogens (tertiary/aromatic N) is 2. The number of benzene rings is 1. The van der Waals surface area contributed by atoms with Gasteiger partial charge in [0.2, 0.25) is 11.8 Å². The van der Waals surface area contributed by atoms with Crippen LogP contribution in [0.15, 0.2) is 28.7 Å². The van der Waals surface area contributed by atoms with Crippen LogP contribution in [0.25, 0.3) is 11.5 Å². The van der Waals surface area contributed by atoms with Crippen LogP contribution >= 0.6 is 0 Å². The molecule has 1 aromatic carbocycles. The molecule has 2 aromatic rings. The van der Waals surface area contributed by atoms with E-state index in [0.29, 0.717) is 18.3 Å². The highest BCUT2D eigenvalue weighted by Crippen LogP contribution is 2.17. The Bertz CT molecular complexity index is 433. The minimum absolute atomic E-state index is 0.562. The predicted octanol–water partition coefficient (Wildman–Crippen LogP) is 1.55. The zero-order valence-corrected chi connectivity index (χ0v) is 8.60. The third kappa shape index (κ3) is 2.22. The zero-order chi connectivity index (χ0) is 10.7. The molecule has 2 N–H and O–H groups in total. The van der Waals surface area contributed by atoms with Crippen LogP contribution in [0.4, 0.5) is 0 Å². The maximum Gasteiger partial charge on any atom is 0.247 e. The molecule has 0 aliphatic heterocycles. The summed E-state index contributed by atoms with van der Waals surface area (Å²) < 4.78 is 5.32. The molecule has 1 aromatic heterocycles. The molecule has 0 amide bonds. The van der Waals surface area contributed by atoms with E-state index in [9.17, 15) is 0 Å². The average Bonchev–Trinajstić information content (AvgIpc) is 2.67. The maximum atomic E-state index is 5.47. The summed E-state index contributed by atoms with van der Waals surface area (Å²) in [5, 5.41) is 7.74. The number of aromatic nitrogens is 2. The molecule has 4 nitrogen and oxygen atoms in total. The molecule has 0 saturated carbocycles. The summed E-state index contributed by atoms with van der Waals surface area (Å²) >= 11 is 0. The van der Waals surface area contributed by atoms with Gasteiger partial charge in [-0.15, -0.1) is 10.2 Å². The van der Waals surface area contributed by atoms with Crippen LogP contribution in [0, 0.1) is 6.92 Å². The number of aryl methyl sites for hydroxylation is 1. The van der Waals surface area contributed by atoms with E-state index in [-0.39, 0.29) is 0 Å². The highest BCUT2D eigenvalue weighted by atomic mass is 16.4. The molecule has 0 atom stereocenters. The van der Waals surface area contributed by atoms with Crippen LogP contribution in [0.3, 0.4) is 0 Å². The van der Waals surface area contributed by atoms with E-state index in [1.54, 1.807) is 6.92 Å². The monoisotopic (exact) mass is 203 g/mol. The Morgan fingerprint density at radius 1 is 1.20 bits per heavy atom. The standard InChI is InChI=1S/C11H13N3O/c1-8-13-14-11(15-8)10-4-2-9(3-5-10)6-7-12/h2-5H,6-7,12H2,1H3. The lowest BCUT2D eigenvalue weighted by Crippen LogP contribution is -2.02. The Hall–Kier alpha value is -1.68. The van der Waals surface area contributed by atoms with Crippen molar-refractivity contribution in [2.24, 2.45) is 5.73 Å². The fraction of sp³-hybridized carbons (Fsp3) is 0.273. The second-order valence-electron chi connectivity index (χ2n) is 3.36. The van der Waals surface area contributed by atoms with E-state index in [0.717, 1.165) is 12.0 Å². The first-order chi connectivity index (χ1) is 7.29. The molecule has 0 unspecified atom stereocenters. The number of hydrogen-bond acceptors (Lipinski definition) is 4. The van der Waals surface area contributed by atoms with E-state index in [4.69, 9.17) is 10.2 Å². The Morgan fingerprint density at radius 2 is 1.93 bits per heavy atom. The quantitative estimate of drug-likeness (QED) is 0.821. The Balaban J connectivity index is 2.23. The molecule has 0 bridgehead atoms. The van der Waals surface area contributed by atoms with Gasteiger partial charge in [-0.25, -0.2) is 0 Å². The van der Waals surface area contributed by atoms with Crippen LogP contribution in [0.5, 0.6) is 0 Å². The first kappa shape index (κ1) is 9.86. The molecule has 2 rings (SSSR count). The highest BCUT2D eigenvalue weighted by molar-refractivity contribution is 5.52. The fourth-order valence-corrected chi connectivity index (χ4v) is 1.39. The van der Waals surface area contributed by atoms with Gasteiger partial charge >= 0.3 is 0 Å². The largest absolute Gasteiger partial charge is 0.421 e. The van der Waals surface area contributed by atoms with Crippen LogP contribution in [-0.2, 0) is 6.42 Å². The third-order valence-electron chi connectivity index (χ3n) is 2.16. The maximum absolute atomic E-state index is 5.47. The topological polar surface area (TPSA) is 64.9 Å². The minimum atomic E-state index is 0.562. The van der Waals surface area contributed by atoms with Gasteiger partial charge in [-0.2, -0.15) is 0 Å². The third-order valence-corrected chi connectivity index (χ3v) is 2.16. The normalized spacial score (nSPS) is 10.5. The Kier molecular flexibility index (Phi) is 2.78. The summed E-state index contributed by atoms with van der Waals surface area (Å²) in [6, 6.07) is 8.00. The van der Waals surface area contributed by atoms with Crippen molar-refractivity contribution < 1.29 is 4.42 Å². The van der Waals surface area contributed by atoms with E-state index in [1.807, 2.05) is 24.3 Å². The van der Waals surface area contributed by atoms with Gasteiger partial charge in [-0.05, 0) is 30.7 Å². The van der Waals surface area contributed by atoms with E-state index in [1.165, 1.54) is 5.56 Å². The lowest BCUT2D eigenvalue weighted by atomic mass is 10.1. The Labute approximate surface area is 88.1 Å². The van der Waals surface area contributed by atoms with Crippen molar-refractivity contribution in [1.82, 2.24) is 10.2 Å². The zero-order valence-electron chi connectivity index (χ0n) is 8.60. The van der Waals surface area contributed by atoms with Gasteiger partial charge in [-0.3, -0.25) is 0 Å². The first-order valence-electron chi connectivity index (χ1n) is 4.89. The lowest BCUT2D eigenvalue weighted by Gasteiger charge is -1.99. The number of hydrogen-bond donors (Lipinski definition) is 1. The number of rotatable bonds is 3. The van der Waals surface area contributed by atoms with Crippen molar-refractivity contribution in [2.75, 3.05) is 6.54 Å². The lowest BCUT2D eigenvalue weighted by molar-refractivity contribution is 0.533. The van der Waals surface area contributed by atoms with Gasteiger partial charge in [0.15, 0.2) is 0 Å². The summed E-state index contributed by atoms with van der Waals surface area (Å²) in [4.78, 5) is 0. The van der Waals surface area contributed by atoms with Crippen molar-refractivity contribution in [3.05, 3.63) is 35.7 Å². The molecular weight excluding hydrogens is 190 g/mol. The van der Waals surface area contributed by atoms with Crippen LogP contribution < -0.4 is 5.73 Å². The predicted molar refractivity (Wildman–Crippen MR) is 57.2 cm³/mol. The minimum Gasteiger partial charge on any atom is -0.421 e. The SMILES string of the molecule is Cc1nnc(-c2ccc(CCN)cc2)o1. The van der Waals surface area contributed by atoms with Crippen molar-refractivity contribution >= 4 is 0 Å². The van der Waals surface area contributed by atoms with E-state index >= 15 is 0 Å². The van der Waals surface area contributed by atoms with Crippen LogP contribution in [-0.4, -0.2) is 16.7 Å². The molecule has 0 aliphatic rings. The Morgan fingerprint density at radius 3 is 2.47 bits per heavy atom. The molecule has 1 heterocycles. The van der Waals surface area contributed by atoms with Crippen LogP contribution in [0.1, 0.15) is 11.5 Å². The summed E-state index contributed by atoms with van der Waals surface area (Å²) in [6.07, 6.45) is 0.892. The second kappa shape index (κ2) is 4.23. The fourth-order valence-electron chi connectivity index (χ4n) is 1.39. The molecule has 0 radical (unpaired) electrons. The van der Waals surface area contributed by atoms with Gasteiger partial charge in [0.05, 0.1) is 0 Å². The van der Waals surface area contributed by atoms with Crippen molar-refractivity contribution in [2.45, 2.75) is 13.3 Å². The van der Waals surface area contributed by atoms with E-state index in [2.05, 4.69) is 10.2 Å². The average molecular weight is 203 g/mol. The van der Waals surface area contributed by atoms with Gasteiger partial charge in [0.1, 0.15) is 0 Å². The molecule has 0 aliphatic carbocycles. The van der Waals surface area contributed by atoms with Gasteiger partial charge in [0, 0.05) is 12.5 Å². The second-order valence-corrected chi connectivity index (χ2v) is 3.36. The molecule has 0 saturated heterocycles. The van der Waals surface area contributed by atoms with Gasteiger partial charge in [0.25, 0.3) is 0 Å². The molecule has 15 heavy (non-hydrogen) atoms. The van der Waals surface area contributed by atoms with Crippen LogP contribution in [0.2, 0.25) is 0 Å². The van der Waals surface area contributed by atoms with Gasteiger partial charge in [-0.1, -0.05) is 12.1 Å². The molecule has 78 valence electrons. The highest BCUT2D eigenvalue weighted by Gasteiger charge is 2.04. The van der Waals surface area contributed by atoms with Crippen molar-refractivity contribution in [1.29, 1.82) is 0 Å². The molecular formula is C11H13N3O. The molecule has 4 heteroatoms. The molecule has 0 spiro atoms. The number of nitrogens with two attached hydrogens (primary N) is 1. The first-order valence-corrected chi connectivity index (χ1v) is 4.89. The van der Waals surface area contributed by atoms with Gasteiger partial charge < -0.3 is 10.2 Å². The summed E-state index contributed by atoms with van der Waals surface area (Å²) in [5.74, 6) is 1.14. The summed E-state index contributed by atoms with van der Waals surface area (Å²) in [6.45, 7) is 2.44. The molecule has 0 fully saturated rings. The van der Waals surface area contributed by atoms with E-state index < -0.39 is 0 Å². The smallest absolute Gasteiger partial charge is 0.247 e. The van der Waals surface area contributed by atoms with Crippen molar-refractivity contribution in [3.8, 4) is 11.5 Å². The van der Waals surface area contributed by atoms with Crippen molar-refractivity contribution in [3.63, 3.8) is 0 Å².